The number of aromatic nitrogens is 2. The molecule has 7 nitrogen and oxygen atoms in total. The van der Waals surface area contributed by atoms with Gasteiger partial charge in [0.05, 0.1) is 11.8 Å². The van der Waals surface area contributed by atoms with Gasteiger partial charge >= 0.3 is 5.76 Å². The molecule has 0 aliphatic heterocycles. The van der Waals surface area contributed by atoms with Crippen molar-refractivity contribution in [1.82, 2.24) is 14.7 Å². The number of likely N-dealkylation sites (N-methyl/N-ethyl adjacent to an activating group) is 1. The summed E-state index contributed by atoms with van der Waals surface area (Å²) in [4.78, 5) is 25.9. The number of hydrogen-bond donors (Lipinski definition) is 0. The molecule has 22 heavy (non-hydrogen) atoms. The Kier molecular flexibility index (Phi) is 4.13. The first-order valence-corrected chi connectivity index (χ1v) is 7.51. The number of amides is 1. The highest BCUT2D eigenvalue weighted by Crippen LogP contribution is 2.22. The fraction of sp³-hybridized carbons (Fsp3) is 0.533. The van der Waals surface area contributed by atoms with E-state index in [-0.39, 0.29) is 24.4 Å². The molecule has 1 fully saturated rings. The van der Waals surface area contributed by atoms with E-state index >= 15 is 0 Å². The summed E-state index contributed by atoms with van der Waals surface area (Å²) in [5.74, 6) is -0.602. The van der Waals surface area contributed by atoms with Gasteiger partial charge in [0.15, 0.2) is 0 Å². The fourth-order valence-corrected chi connectivity index (χ4v) is 2.82. The summed E-state index contributed by atoms with van der Waals surface area (Å²) in [7, 11) is 1.79. The van der Waals surface area contributed by atoms with Gasteiger partial charge in [-0.05, 0) is 18.9 Å². The molecule has 0 bridgehead atoms. The van der Waals surface area contributed by atoms with Crippen LogP contribution in [0.25, 0.3) is 11.5 Å². The third-order valence-corrected chi connectivity index (χ3v) is 4.18. The van der Waals surface area contributed by atoms with Gasteiger partial charge in [-0.25, -0.2) is 4.79 Å². The molecule has 1 saturated carbocycles. The van der Waals surface area contributed by atoms with E-state index in [0.29, 0.717) is 5.56 Å². The lowest BCUT2D eigenvalue weighted by Gasteiger charge is -2.31. The molecule has 0 radical (unpaired) electrons. The molecule has 2 aromatic rings. The SMILES string of the molecule is CN(C(=O)Cn1nc(-c2ccoc2)oc1=O)C1CCCCC1. The maximum atomic E-state index is 12.3. The lowest BCUT2D eigenvalue weighted by atomic mass is 9.94. The molecule has 7 heteroatoms. The van der Waals surface area contributed by atoms with E-state index in [0.717, 1.165) is 30.4 Å². The zero-order valence-electron chi connectivity index (χ0n) is 12.5. The van der Waals surface area contributed by atoms with E-state index in [1.165, 1.54) is 18.9 Å². The monoisotopic (exact) mass is 305 g/mol. The van der Waals surface area contributed by atoms with Crippen molar-refractivity contribution < 1.29 is 13.6 Å². The molecule has 1 aliphatic carbocycles. The Bertz CT molecular complexity index is 680. The van der Waals surface area contributed by atoms with E-state index in [9.17, 15) is 9.59 Å². The molecule has 0 unspecified atom stereocenters. The van der Waals surface area contributed by atoms with Crippen molar-refractivity contribution in [3.05, 3.63) is 29.1 Å². The number of hydrogen-bond acceptors (Lipinski definition) is 5. The Balaban J connectivity index is 1.70. The second-order valence-electron chi connectivity index (χ2n) is 5.64. The minimum Gasteiger partial charge on any atom is -0.472 e. The van der Waals surface area contributed by atoms with Gasteiger partial charge in [-0.1, -0.05) is 19.3 Å². The Morgan fingerprint density at radius 3 is 2.86 bits per heavy atom. The highest BCUT2D eigenvalue weighted by Gasteiger charge is 2.23. The third kappa shape index (κ3) is 2.98. The lowest BCUT2D eigenvalue weighted by Crippen LogP contribution is -2.41. The maximum absolute atomic E-state index is 12.3. The minimum atomic E-state index is -0.637. The van der Waals surface area contributed by atoms with Crippen molar-refractivity contribution in [3.8, 4) is 11.5 Å². The van der Waals surface area contributed by atoms with E-state index in [1.54, 1.807) is 18.0 Å². The van der Waals surface area contributed by atoms with Gasteiger partial charge in [-0.2, -0.15) is 4.68 Å². The zero-order valence-corrected chi connectivity index (χ0v) is 12.5. The summed E-state index contributed by atoms with van der Waals surface area (Å²) in [6, 6.07) is 1.91. The quantitative estimate of drug-likeness (QED) is 0.861. The predicted octanol–water partition coefficient (Wildman–Crippen LogP) is 1.89. The van der Waals surface area contributed by atoms with E-state index < -0.39 is 5.76 Å². The van der Waals surface area contributed by atoms with Crippen molar-refractivity contribution >= 4 is 5.91 Å². The van der Waals surface area contributed by atoms with Crippen LogP contribution in [0.4, 0.5) is 0 Å². The summed E-state index contributed by atoms with van der Waals surface area (Å²) < 4.78 is 11.0. The van der Waals surface area contributed by atoms with Crippen LogP contribution < -0.4 is 5.76 Å². The minimum absolute atomic E-state index is 0.104. The standard InChI is InChI=1S/C15H19N3O4/c1-17(12-5-3-2-4-6-12)13(19)9-18-15(20)22-14(16-18)11-7-8-21-10-11/h7-8,10,12H,2-6,9H2,1H3. The first kappa shape index (κ1) is 14.6. The molecule has 0 spiro atoms. The van der Waals surface area contributed by atoms with Gasteiger partial charge in [0.25, 0.3) is 5.89 Å². The van der Waals surface area contributed by atoms with Crippen LogP contribution in [0.15, 0.2) is 32.2 Å². The Morgan fingerprint density at radius 1 is 1.41 bits per heavy atom. The van der Waals surface area contributed by atoms with Crippen LogP contribution in [0.1, 0.15) is 32.1 Å². The number of furan rings is 1. The fourth-order valence-electron chi connectivity index (χ4n) is 2.82. The molecule has 1 amide bonds. The molecule has 118 valence electrons. The number of rotatable bonds is 4. The van der Waals surface area contributed by atoms with Gasteiger partial charge in [0, 0.05) is 13.1 Å². The molecule has 0 saturated heterocycles. The van der Waals surface area contributed by atoms with Crippen LogP contribution in [0.5, 0.6) is 0 Å². The van der Waals surface area contributed by atoms with Crippen LogP contribution in [-0.2, 0) is 11.3 Å². The molecule has 3 rings (SSSR count). The Hall–Kier alpha value is -2.31. The summed E-state index contributed by atoms with van der Waals surface area (Å²) in [5.41, 5.74) is 0.573. The van der Waals surface area contributed by atoms with Crippen LogP contribution in [0, 0.1) is 0 Å². The topological polar surface area (TPSA) is 81.5 Å². The molecular formula is C15H19N3O4. The molecule has 0 aromatic carbocycles. The van der Waals surface area contributed by atoms with Gasteiger partial charge in [0.2, 0.25) is 5.91 Å². The average molecular weight is 305 g/mol. The third-order valence-electron chi connectivity index (χ3n) is 4.18. The predicted molar refractivity (Wildman–Crippen MR) is 78.1 cm³/mol. The first-order valence-electron chi connectivity index (χ1n) is 7.51. The lowest BCUT2D eigenvalue weighted by molar-refractivity contribution is -0.133. The number of nitrogens with zero attached hydrogens (tertiary/aromatic N) is 3. The highest BCUT2D eigenvalue weighted by molar-refractivity contribution is 5.76. The maximum Gasteiger partial charge on any atom is 0.437 e. The molecule has 0 atom stereocenters. The second kappa shape index (κ2) is 6.21. The highest BCUT2D eigenvalue weighted by atomic mass is 16.4. The van der Waals surface area contributed by atoms with Gasteiger partial charge in [-0.3, -0.25) is 4.79 Å². The van der Waals surface area contributed by atoms with Crippen molar-refractivity contribution in [2.75, 3.05) is 7.05 Å². The van der Waals surface area contributed by atoms with Crippen LogP contribution in [0.2, 0.25) is 0 Å². The van der Waals surface area contributed by atoms with Crippen molar-refractivity contribution in [2.24, 2.45) is 0 Å². The van der Waals surface area contributed by atoms with E-state index in [4.69, 9.17) is 8.83 Å². The Morgan fingerprint density at radius 2 is 2.18 bits per heavy atom. The molecule has 2 heterocycles. The van der Waals surface area contributed by atoms with E-state index in [2.05, 4.69) is 5.10 Å². The normalized spacial score (nSPS) is 15.9. The zero-order chi connectivity index (χ0) is 15.5. The van der Waals surface area contributed by atoms with Gasteiger partial charge < -0.3 is 13.7 Å². The largest absolute Gasteiger partial charge is 0.472 e. The van der Waals surface area contributed by atoms with Crippen LogP contribution in [0.3, 0.4) is 0 Å². The Labute approximate surface area is 127 Å². The summed E-state index contributed by atoms with van der Waals surface area (Å²) in [6.45, 7) is -0.104. The smallest absolute Gasteiger partial charge is 0.437 e. The van der Waals surface area contributed by atoms with Crippen molar-refractivity contribution in [1.29, 1.82) is 0 Å². The second-order valence-corrected chi connectivity index (χ2v) is 5.64. The van der Waals surface area contributed by atoms with Crippen molar-refractivity contribution in [3.63, 3.8) is 0 Å². The number of carbonyl (C=O) groups is 1. The molecular weight excluding hydrogens is 286 g/mol. The van der Waals surface area contributed by atoms with Crippen LogP contribution in [-0.4, -0.2) is 33.7 Å². The van der Waals surface area contributed by atoms with Gasteiger partial charge in [0.1, 0.15) is 12.8 Å². The van der Waals surface area contributed by atoms with Crippen LogP contribution >= 0.6 is 0 Å². The molecule has 2 aromatic heterocycles. The van der Waals surface area contributed by atoms with Crippen molar-refractivity contribution in [2.45, 2.75) is 44.7 Å². The molecule has 1 aliphatic rings. The van der Waals surface area contributed by atoms with Gasteiger partial charge in [-0.15, -0.1) is 5.10 Å². The summed E-state index contributed by atoms with van der Waals surface area (Å²) >= 11 is 0. The average Bonchev–Trinajstić information content (AvgIpc) is 3.18. The molecule has 0 N–H and O–H groups in total. The first-order chi connectivity index (χ1) is 10.6. The summed E-state index contributed by atoms with van der Waals surface area (Å²) in [6.07, 6.45) is 8.48. The number of carbonyl (C=O) groups excluding carboxylic acids is 1. The van der Waals surface area contributed by atoms with E-state index in [1.807, 2.05) is 0 Å². The summed E-state index contributed by atoms with van der Waals surface area (Å²) in [5, 5.41) is 4.05.